The molecule has 12 heavy (non-hydrogen) atoms. The molecular formula is C3H7NaO5S3. The van der Waals surface area contributed by atoms with E-state index in [-0.39, 0.29) is 33.9 Å². The molecule has 68 valence electrons. The van der Waals surface area contributed by atoms with Crippen molar-refractivity contribution >= 4 is 39.6 Å². The van der Waals surface area contributed by atoms with E-state index in [1.54, 1.807) is 0 Å². The molecule has 0 aromatic carbocycles. The molecule has 0 heterocycles. The Balaban J connectivity index is -0.000000126. The van der Waals surface area contributed by atoms with Crippen LogP contribution in [0, 0.1) is 0 Å². The van der Waals surface area contributed by atoms with Gasteiger partial charge in [-0.25, -0.2) is 0 Å². The fraction of sp³-hybridized carbons (Fsp3) is 0.667. The summed E-state index contributed by atoms with van der Waals surface area (Å²) in [5, 5.41) is 0. The van der Waals surface area contributed by atoms with Gasteiger partial charge in [-0.05, 0) is 6.92 Å². The maximum atomic E-state index is 8.74. The molecule has 0 saturated carbocycles. The van der Waals surface area contributed by atoms with Crippen LogP contribution < -0.4 is 29.6 Å². The molecule has 9 heteroatoms. The second kappa shape index (κ2) is 10.1. The van der Waals surface area contributed by atoms with Gasteiger partial charge in [0.05, 0.1) is 6.61 Å². The summed E-state index contributed by atoms with van der Waals surface area (Å²) in [4.78, 5) is 0. The zero-order valence-electron chi connectivity index (χ0n) is 6.55. The predicted octanol–water partition coefficient (Wildman–Crippen LogP) is -2.79. The molecule has 0 rings (SSSR count). The third-order valence-corrected chi connectivity index (χ3v) is 0.498. The average molecular weight is 242 g/mol. The Kier molecular flexibility index (Phi) is 15.7. The Bertz CT molecular complexity index is 192. The molecule has 0 aliphatic heterocycles. The summed E-state index contributed by atoms with van der Waals surface area (Å²) in [7, 11) is -4.67. The molecule has 0 saturated heterocycles. The Morgan fingerprint density at radius 2 is 1.83 bits per heavy atom. The zero-order chi connectivity index (χ0) is 9.49. The summed E-state index contributed by atoms with van der Waals surface area (Å²) in [5.41, 5.74) is 0. The van der Waals surface area contributed by atoms with Crippen molar-refractivity contribution in [2.75, 3.05) is 6.61 Å². The maximum absolute atomic E-state index is 8.74. The van der Waals surface area contributed by atoms with Crippen LogP contribution >= 0.6 is 12.2 Å². The minimum absolute atomic E-state index is 0. The molecule has 0 unspecified atom stereocenters. The van der Waals surface area contributed by atoms with Gasteiger partial charge in [0.1, 0.15) is 0 Å². The second-order valence-corrected chi connectivity index (χ2v) is 3.03. The van der Waals surface area contributed by atoms with Crippen molar-refractivity contribution in [1.29, 1.82) is 0 Å². The number of hydrogen-bond donors (Lipinski definition) is 2. The first-order valence-corrected chi connectivity index (χ1v) is 4.52. The number of rotatable bonds is 1. The molecule has 0 fully saturated rings. The summed E-state index contributed by atoms with van der Waals surface area (Å²) in [6.45, 7) is 2.43. The number of ether oxygens (including phenoxy) is 1. The standard InChI is InChI=1S/C3H6OS2.Na.H2O4S/c1-2-4-3(5)6;;1-5(2,3)4/h2H2,1H3,(H,5,6);;(H2,1,2,3,4)/q;+1;/p-1. The number of hydrogen-bond acceptors (Lipinski definition) is 5. The van der Waals surface area contributed by atoms with Gasteiger partial charge in [0.2, 0.25) is 0 Å². The van der Waals surface area contributed by atoms with Crippen molar-refractivity contribution in [3.8, 4) is 0 Å². The fourth-order valence-electron chi connectivity index (χ4n) is 0.118. The van der Waals surface area contributed by atoms with Crippen LogP contribution in [0.5, 0.6) is 0 Å². The van der Waals surface area contributed by atoms with Gasteiger partial charge in [-0.1, -0.05) is 0 Å². The van der Waals surface area contributed by atoms with Crippen LogP contribution in [0.3, 0.4) is 0 Å². The van der Waals surface area contributed by atoms with E-state index < -0.39 is 10.4 Å². The molecule has 0 aromatic rings. The summed E-state index contributed by atoms with van der Waals surface area (Å²) in [6.07, 6.45) is 0. The van der Waals surface area contributed by atoms with Crippen LogP contribution in [0.4, 0.5) is 0 Å². The average Bonchev–Trinajstić information content (AvgIpc) is 1.58. The van der Waals surface area contributed by atoms with E-state index in [1.165, 1.54) is 0 Å². The Labute approximate surface area is 104 Å². The molecule has 5 nitrogen and oxygen atoms in total. The van der Waals surface area contributed by atoms with Gasteiger partial charge >= 0.3 is 40.0 Å². The van der Waals surface area contributed by atoms with Crippen molar-refractivity contribution in [3.63, 3.8) is 0 Å². The summed E-state index contributed by atoms with van der Waals surface area (Å²) < 4.78 is 36.4. The van der Waals surface area contributed by atoms with E-state index in [1.807, 2.05) is 6.92 Å². The molecular weight excluding hydrogens is 235 g/mol. The molecule has 0 bridgehead atoms. The van der Waals surface area contributed by atoms with Gasteiger partial charge < -0.3 is 29.6 Å². The summed E-state index contributed by atoms with van der Waals surface area (Å²) >= 11 is 8.77. The smallest absolute Gasteiger partial charge is 0.514 e. The van der Waals surface area contributed by atoms with E-state index in [2.05, 4.69) is 29.6 Å². The third-order valence-electron chi connectivity index (χ3n) is 0.262. The van der Waals surface area contributed by atoms with Crippen molar-refractivity contribution in [3.05, 3.63) is 0 Å². The summed E-state index contributed by atoms with van der Waals surface area (Å²) in [5.74, 6) is 0. The van der Waals surface area contributed by atoms with Crippen molar-refractivity contribution in [2.24, 2.45) is 0 Å². The first-order chi connectivity index (χ1) is 4.77. The Morgan fingerprint density at radius 3 is 1.83 bits per heavy atom. The molecule has 0 aliphatic rings. The van der Waals surface area contributed by atoms with Gasteiger partial charge in [0.25, 0.3) is 0 Å². The summed E-state index contributed by atoms with van der Waals surface area (Å²) in [6, 6.07) is 0. The van der Waals surface area contributed by atoms with Crippen LogP contribution in [-0.2, 0) is 27.8 Å². The fourth-order valence-corrected chi connectivity index (χ4v) is 0.354. The van der Waals surface area contributed by atoms with Gasteiger partial charge in [0.15, 0.2) is 0 Å². The second-order valence-electron chi connectivity index (χ2n) is 1.13. The molecule has 2 N–H and O–H groups in total. The topological polar surface area (TPSA) is 83.8 Å². The molecule has 0 radical (unpaired) electrons. The Hall–Kier alpha value is 0.980. The van der Waals surface area contributed by atoms with E-state index in [4.69, 9.17) is 17.5 Å². The minimum Gasteiger partial charge on any atom is -0.514 e. The first-order valence-electron chi connectivity index (χ1n) is 2.31. The van der Waals surface area contributed by atoms with Crippen molar-refractivity contribution < 1.29 is 51.8 Å². The normalized spacial score (nSPS) is 8.58. The van der Waals surface area contributed by atoms with Crippen LogP contribution in [0.25, 0.3) is 0 Å². The quantitative estimate of drug-likeness (QED) is 0.222. The van der Waals surface area contributed by atoms with Crippen LogP contribution in [0.15, 0.2) is 0 Å². The van der Waals surface area contributed by atoms with E-state index in [0.29, 0.717) is 6.61 Å². The third kappa shape index (κ3) is 69.0. The monoisotopic (exact) mass is 242 g/mol. The van der Waals surface area contributed by atoms with E-state index >= 15 is 0 Å². The van der Waals surface area contributed by atoms with Gasteiger partial charge in [-0.15, -0.1) is 0 Å². The molecule has 0 spiro atoms. The van der Waals surface area contributed by atoms with Gasteiger partial charge in [-0.3, -0.25) is 9.11 Å². The van der Waals surface area contributed by atoms with Crippen molar-refractivity contribution in [1.82, 2.24) is 0 Å². The minimum atomic E-state index is -4.67. The van der Waals surface area contributed by atoms with Crippen molar-refractivity contribution in [2.45, 2.75) is 6.92 Å². The van der Waals surface area contributed by atoms with E-state index in [9.17, 15) is 0 Å². The first kappa shape index (κ1) is 18.7. The maximum Gasteiger partial charge on any atom is 1.00 e. The largest absolute Gasteiger partial charge is 1.00 e. The predicted molar refractivity (Wildman–Crippen MR) is 45.8 cm³/mol. The van der Waals surface area contributed by atoms with Crippen LogP contribution in [0.1, 0.15) is 6.92 Å². The zero-order valence-corrected chi connectivity index (χ0v) is 11.0. The Morgan fingerprint density at radius 1 is 1.58 bits per heavy atom. The van der Waals surface area contributed by atoms with Crippen LogP contribution in [0.2, 0.25) is 0 Å². The molecule has 0 atom stereocenters. The SMILES string of the molecule is CCOC(=S)[S-].O=S(=O)(O)O.[Na+]. The van der Waals surface area contributed by atoms with Crippen LogP contribution in [-0.4, -0.2) is 28.5 Å². The molecule has 0 aromatic heterocycles. The van der Waals surface area contributed by atoms with Gasteiger partial charge in [-0.2, -0.15) is 8.42 Å². The van der Waals surface area contributed by atoms with Gasteiger partial charge in [0, 0.05) is 4.38 Å². The van der Waals surface area contributed by atoms with E-state index in [0.717, 1.165) is 0 Å². The molecule has 0 aliphatic carbocycles. The number of thiocarbonyl (C=S) groups is 1. The molecule has 0 amide bonds.